The van der Waals surface area contributed by atoms with E-state index in [0.717, 1.165) is 23.4 Å². The second-order valence-electron chi connectivity index (χ2n) is 6.71. The molecule has 5 heteroatoms. The summed E-state index contributed by atoms with van der Waals surface area (Å²) in [5, 5.41) is 11.6. The summed E-state index contributed by atoms with van der Waals surface area (Å²) < 4.78 is 1.80. The van der Waals surface area contributed by atoms with Gasteiger partial charge in [-0.25, -0.2) is 4.68 Å². The molecule has 1 heterocycles. The molecule has 5 nitrogen and oxygen atoms in total. The Bertz CT molecular complexity index is 841. The molecule has 0 radical (unpaired) electrons. The van der Waals surface area contributed by atoms with Crippen LogP contribution in [0.25, 0.3) is 16.9 Å². The summed E-state index contributed by atoms with van der Waals surface area (Å²) in [6.07, 6.45) is 1.18. The Balaban J connectivity index is 1.89. The van der Waals surface area contributed by atoms with Gasteiger partial charge in [-0.3, -0.25) is 4.79 Å². The smallest absolute Gasteiger partial charge is 0.226 e. The maximum absolute atomic E-state index is 12.3. The number of para-hydroxylation sites is 1. The molecule has 3 rings (SSSR count). The molecule has 0 saturated heterocycles. The van der Waals surface area contributed by atoms with Crippen molar-refractivity contribution >= 4 is 5.91 Å². The molecule has 0 aliphatic carbocycles. The average molecular weight is 348 g/mol. The summed E-state index contributed by atoms with van der Waals surface area (Å²) in [6, 6.07) is 19.8. The van der Waals surface area contributed by atoms with E-state index < -0.39 is 0 Å². The summed E-state index contributed by atoms with van der Waals surface area (Å²) >= 11 is 0. The fourth-order valence-corrected chi connectivity index (χ4v) is 2.78. The van der Waals surface area contributed by atoms with E-state index in [9.17, 15) is 4.79 Å². The first-order valence-corrected chi connectivity index (χ1v) is 8.97. The Morgan fingerprint density at radius 1 is 1.04 bits per heavy atom. The van der Waals surface area contributed by atoms with Crippen LogP contribution in [-0.4, -0.2) is 27.4 Å². The molecule has 1 amide bonds. The summed E-state index contributed by atoms with van der Waals surface area (Å²) in [4.78, 5) is 12.3. The summed E-state index contributed by atoms with van der Waals surface area (Å²) in [5.41, 5.74) is 3.45. The molecule has 1 N–H and O–H groups in total. The third-order valence-electron chi connectivity index (χ3n) is 4.16. The number of amides is 1. The number of benzene rings is 2. The van der Waals surface area contributed by atoms with Crippen molar-refractivity contribution in [3.05, 3.63) is 66.4 Å². The van der Waals surface area contributed by atoms with Gasteiger partial charge in [-0.15, -0.1) is 5.10 Å². The third-order valence-corrected chi connectivity index (χ3v) is 4.16. The second-order valence-corrected chi connectivity index (χ2v) is 6.71. The molecule has 0 unspecified atom stereocenters. The van der Waals surface area contributed by atoms with Crippen LogP contribution >= 0.6 is 0 Å². The predicted octanol–water partition coefficient (Wildman–Crippen LogP) is 3.64. The van der Waals surface area contributed by atoms with Crippen LogP contribution in [0, 0.1) is 5.92 Å². The van der Waals surface area contributed by atoms with Gasteiger partial charge >= 0.3 is 0 Å². The zero-order valence-electron chi connectivity index (χ0n) is 15.2. The lowest BCUT2D eigenvalue weighted by Gasteiger charge is -2.09. The third kappa shape index (κ3) is 4.36. The Morgan fingerprint density at radius 3 is 2.35 bits per heavy atom. The first-order valence-electron chi connectivity index (χ1n) is 8.97. The van der Waals surface area contributed by atoms with Gasteiger partial charge in [0.25, 0.3) is 0 Å². The maximum atomic E-state index is 12.3. The Labute approximate surface area is 154 Å². The topological polar surface area (TPSA) is 59.8 Å². The monoisotopic (exact) mass is 348 g/mol. The van der Waals surface area contributed by atoms with E-state index in [1.54, 1.807) is 4.68 Å². The molecule has 3 aromatic rings. The molecule has 2 aromatic carbocycles. The highest BCUT2D eigenvalue weighted by molar-refractivity contribution is 5.80. The van der Waals surface area contributed by atoms with Gasteiger partial charge in [0.2, 0.25) is 5.91 Å². The fraction of sp³-hybridized carbons (Fsp3) is 0.286. The number of carbonyl (C=O) groups excluding carboxylic acids is 1. The number of nitrogens with one attached hydrogen (secondary N) is 1. The van der Waals surface area contributed by atoms with Gasteiger partial charge in [0.15, 0.2) is 0 Å². The maximum Gasteiger partial charge on any atom is 0.226 e. The summed E-state index contributed by atoms with van der Waals surface area (Å²) in [6.45, 7) is 4.97. The van der Waals surface area contributed by atoms with Crippen molar-refractivity contribution in [2.24, 2.45) is 5.92 Å². The highest BCUT2D eigenvalue weighted by Gasteiger charge is 2.18. The Morgan fingerprint density at radius 2 is 1.69 bits per heavy atom. The van der Waals surface area contributed by atoms with Crippen LogP contribution in [0.2, 0.25) is 0 Å². The molecule has 1 aromatic heterocycles. The van der Waals surface area contributed by atoms with Crippen molar-refractivity contribution in [2.75, 3.05) is 6.54 Å². The number of hydrogen-bond donors (Lipinski definition) is 1. The SMILES string of the molecule is CC(C)CCNC(=O)Cc1nnn(-c2ccccc2)c1-c1ccccc1. The van der Waals surface area contributed by atoms with Crippen LogP contribution in [0.5, 0.6) is 0 Å². The van der Waals surface area contributed by atoms with Gasteiger partial charge in [0.1, 0.15) is 5.69 Å². The number of nitrogens with zero attached hydrogens (tertiary/aromatic N) is 3. The van der Waals surface area contributed by atoms with Gasteiger partial charge in [-0.05, 0) is 24.5 Å². The van der Waals surface area contributed by atoms with Crippen molar-refractivity contribution in [1.82, 2.24) is 20.3 Å². The number of aromatic nitrogens is 3. The number of rotatable bonds is 7. The standard InChI is InChI=1S/C21H24N4O/c1-16(2)13-14-22-20(26)15-19-21(17-9-5-3-6-10-17)25(24-23-19)18-11-7-4-8-12-18/h3-12,16H,13-15H2,1-2H3,(H,22,26). The van der Waals surface area contributed by atoms with Crippen molar-refractivity contribution in [2.45, 2.75) is 26.7 Å². The van der Waals surface area contributed by atoms with Crippen LogP contribution in [-0.2, 0) is 11.2 Å². The molecule has 0 bridgehead atoms. The van der Waals surface area contributed by atoms with Crippen molar-refractivity contribution in [1.29, 1.82) is 0 Å². The predicted molar refractivity (Wildman–Crippen MR) is 103 cm³/mol. The Hall–Kier alpha value is -2.95. The van der Waals surface area contributed by atoms with E-state index in [2.05, 4.69) is 29.5 Å². The average Bonchev–Trinajstić information content (AvgIpc) is 3.06. The Kier molecular flexibility index (Phi) is 5.79. The van der Waals surface area contributed by atoms with Crippen LogP contribution in [0.15, 0.2) is 60.7 Å². The molecule has 0 atom stereocenters. The lowest BCUT2D eigenvalue weighted by molar-refractivity contribution is -0.120. The number of carbonyl (C=O) groups is 1. The molecule has 134 valence electrons. The molecule has 0 saturated carbocycles. The zero-order valence-corrected chi connectivity index (χ0v) is 15.2. The van der Waals surface area contributed by atoms with Gasteiger partial charge in [0, 0.05) is 12.1 Å². The molecule has 0 aliphatic heterocycles. The summed E-state index contributed by atoms with van der Waals surface area (Å²) in [7, 11) is 0. The minimum absolute atomic E-state index is 0.0251. The van der Waals surface area contributed by atoms with Crippen LogP contribution < -0.4 is 5.32 Å². The van der Waals surface area contributed by atoms with E-state index in [4.69, 9.17) is 0 Å². The van der Waals surface area contributed by atoms with Crippen LogP contribution in [0.1, 0.15) is 26.0 Å². The van der Waals surface area contributed by atoms with E-state index in [0.29, 0.717) is 18.2 Å². The fourth-order valence-electron chi connectivity index (χ4n) is 2.78. The summed E-state index contributed by atoms with van der Waals surface area (Å²) in [5.74, 6) is 0.539. The zero-order chi connectivity index (χ0) is 18.4. The van der Waals surface area contributed by atoms with Gasteiger partial charge in [-0.2, -0.15) is 0 Å². The minimum atomic E-state index is -0.0251. The first-order chi connectivity index (χ1) is 12.6. The quantitative estimate of drug-likeness (QED) is 0.709. The van der Waals surface area contributed by atoms with Crippen LogP contribution in [0.4, 0.5) is 0 Å². The normalized spacial score (nSPS) is 10.9. The number of hydrogen-bond acceptors (Lipinski definition) is 3. The van der Waals surface area contributed by atoms with Crippen molar-refractivity contribution in [3.63, 3.8) is 0 Å². The van der Waals surface area contributed by atoms with E-state index in [1.165, 1.54) is 0 Å². The molecular weight excluding hydrogens is 324 g/mol. The minimum Gasteiger partial charge on any atom is -0.356 e. The highest BCUT2D eigenvalue weighted by atomic mass is 16.1. The van der Waals surface area contributed by atoms with Crippen molar-refractivity contribution in [3.8, 4) is 16.9 Å². The van der Waals surface area contributed by atoms with E-state index in [-0.39, 0.29) is 12.3 Å². The molecule has 0 fully saturated rings. The largest absolute Gasteiger partial charge is 0.356 e. The molecular formula is C21H24N4O. The van der Waals surface area contributed by atoms with Gasteiger partial charge in [0.05, 0.1) is 17.8 Å². The van der Waals surface area contributed by atoms with Crippen LogP contribution in [0.3, 0.4) is 0 Å². The lowest BCUT2D eigenvalue weighted by atomic mass is 10.1. The highest BCUT2D eigenvalue weighted by Crippen LogP contribution is 2.25. The van der Waals surface area contributed by atoms with Gasteiger partial charge < -0.3 is 5.32 Å². The second kappa shape index (κ2) is 8.43. The molecule has 26 heavy (non-hydrogen) atoms. The molecule has 0 aliphatic rings. The van der Waals surface area contributed by atoms with E-state index in [1.807, 2.05) is 60.7 Å². The first kappa shape index (κ1) is 17.9. The van der Waals surface area contributed by atoms with Gasteiger partial charge in [-0.1, -0.05) is 67.6 Å². The lowest BCUT2D eigenvalue weighted by Crippen LogP contribution is -2.27. The van der Waals surface area contributed by atoms with Crippen molar-refractivity contribution < 1.29 is 4.79 Å². The van der Waals surface area contributed by atoms with E-state index >= 15 is 0 Å². The molecule has 0 spiro atoms.